The Labute approximate surface area is 129 Å². The predicted octanol–water partition coefficient (Wildman–Crippen LogP) is 3.82. The van der Waals surface area contributed by atoms with Crippen molar-refractivity contribution in [2.45, 2.75) is 0 Å². The molecule has 0 amide bonds. The number of aliphatic imine (C=N–C) groups is 1. The van der Waals surface area contributed by atoms with Gasteiger partial charge in [0.2, 0.25) is 0 Å². The lowest BCUT2D eigenvalue weighted by molar-refractivity contribution is -0.384. The van der Waals surface area contributed by atoms with Gasteiger partial charge in [-0.05, 0) is 30.3 Å². The summed E-state index contributed by atoms with van der Waals surface area (Å²) in [6, 6.07) is 9.22. The van der Waals surface area contributed by atoms with Crippen LogP contribution in [0.5, 0.6) is 11.5 Å². The number of rotatable bonds is 4. The summed E-state index contributed by atoms with van der Waals surface area (Å²) < 4.78 is 5.72. The average molecular weight is 351 g/mol. The van der Waals surface area contributed by atoms with Gasteiger partial charge in [0, 0.05) is 16.3 Å². The summed E-state index contributed by atoms with van der Waals surface area (Å²) in [4.78, 5) is 14.6. The average Bonchev–Trinajstić information content (AvgIpc) is 2.48. The third-order valence-electron chi connectivity index (χ3n) is 2.71. The molecule has 0 aromatic heterocycles. The van der Waals surface area contributed by atoms with Gasteiger partial charge in [-0.15, -0.1) is 0 Å². The van der Waals surface area contributed by atoms with Gasteiger partial charge in [-0.1, -0.05) is 15.9 Å². The maximum Gasteiger partial charge on any atom is 0.298 e. The first kappa shape index (κ1) is 15.0. The molecule has 108 valence electrons. The van der Waals surface area contributed by atoms with Crippen LogP contribution in [0.3, 0.4) is 0 Å². The zero-order valence-electron chi connectivity index (χ0n) is 11.0. The lowest BCUT2D eigenvalue weighted by Gasteiger charge is -2.02. The number of phenolic OH excluding ortho intramolecular Hbond substituents is 1. The lowest BCUT2D eigenvalue weighted by atomic mass is 10.2. The number of ether oxygens (including phenoxy) is 1. The molecule has 6 nitrogen and oxygen atoms in total. The molecule has 2 rings (SSSR count). The van der Waals surface area contributed by atoms with Crippen molar-refractivity contribution in [1.29, 1.82) is 0 Å². The second kappa shape index (κ2) is 6.36. The number of aromatic hydroxyl groups is 1. The van der Waals surface area contributed by atoms with E-state index in [1.54, 1.807) is 18.2 Å². The van der Waals surface area contributed by atoms with E-state index >= 15 is 0 Å². The van der Waals surface area contributed by atoms with Crippen molar-refractivity contribution in [1.82, 2.24) is 0 Å². The molecule has 2 aromatic rings. The zero-order chi connectivity index (χ0) is 15.4. The van der Waals surface area contributed by atoms with Crippen molar-refractivity contribution in [2.75, 3.05) is 7.11 Å². The molecule has 7 heteroatoms. The van der Waals surface area contributed by atoms with Gasteiger partial charge in [0.05, 0.1) is 18.1 Å². The fourth-order valence-electron chi connectivity index (χ4n) is 1.65. The van der Waals surface area contributed by atoms with Crippen LogP contribution in [-0.4, -0.2) is 23.4 Å². The molecule has 0 heterocycles. The van der Waals surface area contributed by atoms with Crippen molar-refractivity contribution >= 4 is 33.5 Å². The quantitative estimate of drug-likeness (QED) is 0.515. The first-order chi connectivity index (χ1) is 10.0. The minimum Gasteiger partial charge on any atom is -0.507 e. The van der Waals surface area contributed by atoms with Gasteiger partial charge in [0.1, 0.15) is 17.2 Å². The van der Waals surface area contributed by atoms with Gasteiger partial charge < -0.3 is 9.84 Å². The number of benzene rings is 2. The molecule has 0 atom stereocenters. The van der Waals surface area contributed by atoms with Gasteiger partial charge in [0.15, 0.2) is 0 Å². The van der Waals surface area contributed by atoms with Crippen molar-refractivity contribution in [2.24, 2.45) is 4.99 Å². The van der Waals surface area contributed by atoms with Crippen LogP contribution in [0.25, 0.3) is 0 Å². The molecule has 0 unspecified atom stereocenters. The van der Waals surface area contributed by atoms with Crippen LogP contribution in [0.15, 0.2) is 45.9 Å². The Morgan fingerprint density at radius 3 is 2.76 bits per heavy atom. The topological polar surface area (TPSA) is 85.0 Å². The van der Waals surface area contributed by atoms with Crippen LogP contribution >= 0.6 is 15.9 Å². The first-order valence-electron chi connectivity index (χ1n) is 5.86. The summed E-state index contributed by atoms with van der Waals surface area (Å²) in [7, 11) is 1.43. The standard InChI is InChI=1S/C14H11BrN2O4/c1-21-11-3-4-12(13(7-11)17(19)20)16-8-9-6-10(15)2-5-14(9)18/h2-8,18H,1H3. The normalized spacial score (nSPS) is 10.8. The molecule has 1 N–H and O–H groups in total. The van der Waals surface area contributed by atoms with Crippen LogP contribution in [0, 0.1) is 10.1 Å². The number of methoxy groups -OCH3 is 1. The van der Waals surface area contributed by atoms with E-state index < -0.39 is 4.92 Å². The molecule has 2 aromatic carbocycles. The molecular formula is C14H11BrN2O4. The van der Waals surface area contributed by atoms with Gasteiger partial charge >= 0.3 is 0 Å². The molecule has 0 aliphatic carbocycles. The van der Waals surface area contributed by atoms with Crippen molar-refractivity contribution in [3.05, 3.63) is 56.5 Å². The Balaban J connectivity index is 2.41. The minimum atomic E-state index is -0.532. The molecule has 0 radical (unpaired) electrons. The Morgan fingerprint density at radius 1 is 1.33 bits per heavy atom. The van der Waals surface area contributed by atoms with E-state index in [1.165, 1.54) is 31.5 Å². The fourth-order valence-corrected chi connectivity index (χ4v) is 2.03. The highest BCUT2D eigenvalue weighted by atomic mass is 79.9. The van der Waals surface area contributed by atoms with Crippen LogP contribution in [0.2, 0.25) is 0 Å². The number of nitro groups is 1. The Morgan fingerprint density at radius 2 is 2.10 bits per heavy atom. The van der Waals surface area contributed by atoms with Crippen molar-refractivity contribution in [3.8, 4) is 11.5 Å². The monoisotopic (exact) mass is 350 g/mol. The molecule has 0 spiro atoms. The summed E-state index contributed by atoms with van der Waals surface area (Å²) in [5, 5.41) is 20.7. The van der Waals surface area contributed by atoms with Crippen LogP contribution in [0.4, 0.5) is 11.4 Å². The van der Waals surface area contributed by atoms with Gasteiger partial charge in [-0.2, -0.15) is 0 Å². The molecule has 0 bridgehead atoms. The molecule has 21 heavy (non-hydrogen) atoms. The zero-order valence-corrected chi connectivity index (χ0v) is 12.6. The molecule has 0 saturated carbocycles. The van der Waals surface area contributed by atoms with Crippen LogP contribution < -0.4 is 4.74 Å². The Bertz CT molecular complexity index is 716. The highest BCUT2D eigenvalue weighted by Crippen LogP contribution is 2.31. The number of nitrogens with zero attached hydrogens (tertiary/aromatic N) is 2. The number of nitro benzene ring substituents is 1. The molecule has 0 fully saturated rings. The smallest absolute Gasteiger partial charge is 0.298 e. The maximum absolute atomic E-state index is 11.0. The lowest BCUT2D eigenvalue weighted by Crippen LogP contribution is -1.91. The summed E-state index contributed by atoms with van der Waals surface area (Å²) in [5.41, 5.74) is 0.467. The van der Waals surface area contributed by atoms with Crippen molar-refractivity contribution in [3.63, 3.8) is 0 Å². The SMILES string of the molecule is COc1ccc(N=Cc2cc(Br)ccc2O)c([N+](=O)[O-])c1. The number of halogens is 1. The molecule has 0 saturated heterocycles. The maximum atomic E-state index is 11.0. The van der Waals surface area contributed by atoms with Gasteiger partial charge in [-0.3, -0.25) is 10.1 Å². The summed E-state index contributed by atoms with van der Waals surface area (Å²) >= 11 is 3.28. The summed E-state index contributed by atoms with van der Waals surface area (Å²) in [6.07, 6.45) is 1.37. The Hall–Kier alpha value is -2.41. The third kappa shape index (κ3) is 3.57. The highest BCUT2D eigenvalue weighted by molar-refractivity contribution is 9.10. The number of hydrogen-bond acceptors (Lipinski definition) is 5. The van der Waals surface area contributed by atoms with Gasteiger partial charge in [-0.25, -0.2) is 4.99 Å². The van der Waals surface area contributed by atoms with E-state index in [4.69, 9.17) is 4.74 Å². The van der Waals surface area contributed by atoms with Gasteiger partial charge in [0.25, 0.3) is 5.69 Å². The van der Waals surface area contributed by atoms with E-state index in [1.807, 2.05) is 0 Å². The fraction of sp³-hybridized carbons (Fsp3) is 0.0714. The summed E-state index contributed by atoms with van der Waals surface area (Å²) in [6.45, 7) is 0. The second-order valence-corrected chi connectivity index (χ2v) is 4.99. The Kier molecular flexibility index (Phi) is 4.54. The van der Waals surface area contributed by atoms with Crippen LogP contribution in [-0.2, 0) is 0 Å². The predicted molar refractivity (Wildman–Crippen MR) is 82.7 cm³/mol. The van der Waals surface area contributed by atoms with E-state index in [2.05, 4.69) is 20.9 Å². The number of phenols is 1. The van der Waals surface area contributed by atoms with E-state index in [0.29, 0.717) is 11.3 Å². The van der Waals surface area contributed by atoms with Crippen molar-refractivity contribution < 1.29 is 14.8 Å². The number of hydrogen-bond donors (Lipinski definition) is 1. The summed E-state index contributed by atoms with van der Waals surface area (Å²) in [5.74, 6) is 0.420. The van der Waals surface area contributed by atoms with E-state index in [-0.39, 0.29) is 17.1 Å². The first-order valence-corrected chi connectivity index (χ1v) is 6.65. The minimum absolute atomic E-state index is 0.0399. The van der Waals surface area contributed by atoms with E-state index in [9.17, 15) is 15.2 Å². The second-order valence-electron chi connectivity index (χ2n) is 4.07. The third-order valence-corrected chi connectivity index (χ3v) is 3.20. The van der Waals surface area contributed by atoms with Crippen LogP contribution in [0.1, 0.15) is 5.56 Å². The molecule has 0 aliphatic heterocycles. The largest absolute Gasteiger partial charge is 0.507 e. The van der Waals surface area contributed by atoms with E-state index in [0.717, 1.165) is 4.47 Å². The highest BCUT2D eigenvalue weighted by Gasteiger charge is 2.14. The molecule has 0 aliphatic rings. The molecular weight excluding hydrogens is 340 g/mol.